The van der Waals surface area contributed by atoms with E-state index in [0.29, 0.717) is 31.1 Å². The zero-order valence-electron chi connectivity index (χ0n) is 18.6. The average Bonchev–Trinajstić information content (AvgIpc) is 3.16. The van der Waals surface area contributed by atoms with Gasteiger partial charge in [-0.3, -0.25) is 5.32 Å². The van der Waals surface area contributed by atoms with Crippen LogP contribution in [0.5, 0.6) is 0 Å². The molecule has 166 valence electrons. The number of anilines is 2. The Balaban J connectivity index is 1.76. The van der Waals surface area contributed by atoms with E-state index in [-0.39, 0.29) is 0 Å². The molecular formula is C25H28N4O3. The van der Waals surface area contributed by atoms with Crippen LogP contribution in [0, 0.1) is 11.3 Å². The number of morpholine rings is 1. The molecule has 7 nitrogen and oxygen atoms in total. The monoisotopic (exact) mass is 432 g/mol. The van der Waals surface area contributed by atoms with Crippen molar-refractivity contribution in [1.82, 2.24) is 4.57 Å². The first-order valence-corrected chi connectivity index (χ1v) is 11.1. The van der Waals surface area contributed by atoms with E-state index in [4.69, 9.17) is 9.47 Å². The highest BCUT2D eigenvalue weighted by atomic mass is 16.5. The lowest BCUT2D eigenvalue weighted by Gasteiger charge is -2.28. The van der Waals surface area contributed by atoms with Crippen LogP contribution in [-0.4, -0.2) is 43.6 Å². The maximum Gasteiger partial charge on any atom is 0.411 e. The van der Waals surface area contributed by atoms with Gasteiger partial charge in [-0.2, -0.15) is 5.26 Å². The SMILES string of the molecule is CCCOC(=O)Nc1cccc(-c2c(C#N)c3cc(N4CCOCC4)ccc3n2CC)c1. The summed E-state index contributed by atoms with van der Waals surface area (Å²) in [7, 11) is 0. The highest BCUT2D eigenvalue weighted by Gasteiger charge is 2.20. The molecule has 1 saturated heterocycles. The van der Waals surface area contributed by atoms with Crippen molar-refractivity contribution in [3.05, 3.63) is 48.0 Å². The minimum atomic E-state index is -0.476. The Bertz CT molecular complexity index is 1160. The van der Waals surface area contributed by atoms with Crippen LogP contribution >= 0.6 is 0 Å². The van der Waals surface area contributed by atoms with Gasteiger partial charge in [-0.15, -0.1) is 0 Å². The number of carbonyl (C=O) groups is 1. The van der Waals surface area contributed by atoms with Crippen molar-refractivity contribution in [3.63, 3.8) is 0 Å². The van der Waals surface area contributed by atoms with Crippen LogP contribution in [0.3, 0.4) is 0 Å². The van der Waals surface area contributed by atoms with Crippen molar-refractivity contribution >= 4 is 28.4 Å². The maximum absolute atomic E-state index is 12.0. The topological polar surface area (TPSA) is 79.5 Å². The molecule has 1 N–H and O–H groups in total. The molecule has 0 spiro atoms. The molecule has 2 heterocycles. The Hall–Kier alpha value is -3.50. The third-order valence-electron chi connectivity index (χ3n) is 5.67. The molecule has 32 heavy (non-hydrogen) atoms. The molecule has 3 aromatic rings. The number of ether oxygens (including phenoxy) is 2. The number of nitrogens with one attached hydrogen (secondary N) is 1. The molecule has 0 aliphatic carbocycles. The number of nitriles is 1. The Labute approximate surface area is 188 Å². The fourth-order valence-electron chi connectivity index (χ4n) is 4.20. The van der Waals surface area contributed by atoms with Crippen molar-refractivity contribution in [3.8, 4) is 17.3 Å². The lowest BCUT2D eigenvalue weighted by Crippen LogP contribution is -2.36. The summed E-state index contributed by atoms with van der Waals surface area (Å²) in [5, 5.41) is 13.8. The quantitative estimate of drug-likeness (QED) is 0.593. The van der Waals surface area contributed by atoms with E-state index in [2.05, 4.69) is 46.0 Å². The lowest BCUT2D eigenvalue weighted by molar-refractivity contribution is 0.122. The third kappa shape index (κ3) is 4.27. The summed E-state index contributed by atoms with van der Waals surface area (Å²) in [4.78, 5) is 14.3. The highest BCUT2D eigenvalue weighted by Crippen LogP contribution is 2.36. The number of fused-ring (bicyclic) bond motifs is 1. The second-order valence-corrected chi connectivity index (χ2v) is 7.72. The van der Waals surface area contributed by atoms with Gasteiger partial charge in [-0.25, -0.2) is 4.79 Å². The Morgan fingerprint density at radius 2 is 2.00 bits per heavy atom. The second-order valence-electron chi connectivity index (χ2n) is 7.72. The van der Waals surface area contributed by atoms with E-state index < -0.39 is 6.09 Å². The van der Waals surface area contributed by atoms with Crippen LogP contribution in [0.1, 0.15) is 25.8 Å². The van der Waals surface area contributed by atoms with E-state index in [9.17, 15) is 10.1 Å². The van der Waals surface area contributed by atoms with Gasteiger partial charge in [0.15, 0.2) is 0 Å². The van der Waals surface area contributed by atoms with Crippen LogP contribution in [0.25, 0.3) is 22.2 Å². The molecule has 1 aliphatic rings. The molecule has 0 saturated carbocycles. The minimum Gasteiger partial charge on any atom is -0.449 e. The first-order chi connectivity index (χ1) is 15.7. The molecule has 1 aromatic heterocycles. The van der Waals surface area contributed by atoms with E-state index >= 15 is 0 Å². The van der Waals surface area contributed by atoms with Crippen LogP contribution in [-0.2, 0) is 16.0 Å². The zero-order chi connectivity index (χ0) is 22.5. The number of benzene rings is 2. The molecule has 0 bridgehead atoms. The number of aryl methyl sites for hydroxylation is 1. The van der Waals surface area contributed by atoms with Gasteiger partial charge in [0.1, 0.15) is 6.07 Å². The number of aromatic nitrogens is 1. The Kier molecular flexibility index (Phi) is 6.62. The van der Waals surface area contributed by atoms with Crippen molar-refractivity contribution in [2.45, 2.75) is 26.8 Å². The fraction of sp³-hybridized carbons (Fsp3) is 0.360. The van der Waals surface area contributed by atoms with E-state index in [0.717, 1.165) is 53.9 Å². The molecule has 0 atom stereocenters. The third-order valence-corrected chi connectivity index (χ3v) is 5.67. The summed E-state index contributed by atoms with van der Waals surface area (Å²) >= 11 is 0. The number of nitrogens with zero attached hydrogens (tertiary/aromatic N) is 3. The second kappa shape index (κ2) is 9.75. The van der Waals surface area contributed by atoms with Gasteiger partial charge in [0.2, 0.25) is 0 Å². The number of rotatable bonds is 6. The predicted octanol–water partition coefficient (Wildman–Crippen LogP) is 4.99. The van der Waals surface area contributed by atoms with E-state index in [1.165, 1.54) is 0 Å². The fourth-order valence-corrected chi connectivity index (χ4v) is 4.20. The molecule has 7 heteroatoms. The molecule has 2 aromatic carbocycles. The molecule has 1 amide bonds. The van der Waals surface area contributed by atoms with E-state index in [1.54, 1.807) is 0 Å². The zero-order valence-corrected chi connectivity index (χ0v) is 18.6. The van der Waals surface area contributed by atoms with Crippen LogP contribution in [0.15, 0.2) is 42.5 Å². The van der Waals surface area contributed by atoms with Gasteiger partial charge < -0.3 is 18.9 Å². The normalized spacial score (nSPS) is 13.7. The molecule has 0 unspecified atom stereocenters. The summed E-state index contributed by atoms with van der Waals surface area (Å²) in [6.07, 6.45) is 0.290. The Morgan fingerprint density at radius 1 is 1.19 bits per heavy atom. The van der Waals surface area contributed by atoms with Crippen molar-refractivity contribution in [2.75, 3.05) is 43.1 Å². The number of carbonyl (C=O) groups excluding carboxylic acids is 1. The maximum atomic E-state index is 12.0. The number of hydrogen-bond acceptors (Lipinski definition) is 5. The molecule has 1 fully saturated rings. The molecule has 1 aliphatic heterocycles. The summed E-state index contributed by atoms with van der Waals surface area (Å²) in [6, 6.07) is 16.3. The smallest absolute Gasteiger partial charge is 0.411 e. The Morgan fingerprint density at radius 3 is 2.72 bits per heavy atom. The van der Waals surface area contributed by atoms with Crippen molar-refractivity contribution in [1.29, 1.82) is 5.26 Å². The summed E-state index contributed by atoms with van der Waals surface area (Å²) in [5.41, 5.74) is 5.13. The largest absolute Gasteiger partial charge is 0.449 e. The summed E-state index contributed by atoms with van der Waals surface area (Å²) in [6.45, 7) is 8.23. The standard InChI is InChI=1S/C25H28N4O3/c1-3-12-32-25(30)27-19-7-5-6-18(15-19)24-22(17-26)21-16-20(28-10-13-31-14-11-28)8-9-23(21)29(24)4-2/h5-9,15-16H,3-4,10-14H2,1-2H3,(H,27,30). The number of hydrogen-bond donors (Lipinski definition) is 1. The first-order valence-electron chi connectivity index (χ1n) is 11.1. The van der Waals surface area contributed by atoms with Crippen molar-refractivity contribution < 1.29 is 14.3 Å². The molecule has 0 radical (unpaired) electrons. The summed E-state index contributed by atoms with van der Waals surface area (Å²) in [5.74, 6) is 0. The first kappa shape index (κ1) is 21.7. The van der Waals surface area contributed by atoms with Gasteiger partial charge in [0, 0.05) is 47.5 Å². The van der Waals surface area contributed by atoms with Crippen LogP contribution in [0.2, 0.25) is 0 Å². The lowest BCUT2D eigenvalue weighted by atomic mass is 10.0. The van der Waals surface area contributed by atoms with Gasteiger partial charge in [0.25, 0.3) is 0 Å². The molecule has 4 rings (SSSR count). The van der Waals surface area contributed by atoms with Crippen molar-refractivity contribution in [2.24, 2.45) is 0 Å². The molecular weight excluding hydrogens is 404 g/mol. The van der Waals surface area contributed by atoms with Gasteiger partial charge in [-0.1, -0.05) is 19.1 Å². The van der Waals surface area contributed by atoms with E-state index in [1.807, 2.05) is 31.2 Å². The van der Waals surface area contributed by atoms with Gasteiger partial charge in [0.05, 0.1) is 31.1 Å². The average molecular weight is 433 g/mol. The minimum absolute atomic E-state index is 0.375. The van der Waals surface area contributed by atoms with Crippen LogP contribution in [0.4, 0.5) is 16.2 Å². The van der Waals surface area contributed by atoms with Crippen LogP contribution < -0.4 is 10.2 Å². The highest BCUT2D eigenvalue weighted by molar-refractivity contribution is 5.97. The number of amides is 1. The predicted molar refractivity (Wildman–Crippen MR) is 126 cm³/mol. The van der Waals surface area contributed by atoms with Gasteiger partial charge in [-0.05, 0) is 43.7 Å². The summed E-state index contributed by atoms with van der Waals surface area (Å²) < 4.78 is 12.8. The van der Waals surface area contributed by atoms with Gasteiger partial charge >= 0.3 is 6.09 Å².